The van der Waals surface area contributed by atoms with Crippen molar-refractivity contribution < 1.29 is 18.3 Å². The van der Waals surface area contributed by atoms with Gasteiger partial charge in [-0.15, -0.1) is 0 Å². The lowest BCUT2D eigenvalue weighted by Gasteiger charge is -2.22. The van der Waals surface area contributed by atoms with Crippen LogP contribution in [0.1, 0.15) is 30.0 Å². The molecule has 6 nitrogen and oxygen atoms in total. The van der Waals surface area contributed by atoms with Crippen molar-refractivity contribution >= 4 is 15.8 Å². The van der Waals surface area contributed by atoms with Gasteiger partial charge in [0.25, 0.3) is 0 Å². The molecule has 1 rings (SSSR count). The summed E-state index contributed by atoms with van der Waals surface area (Å²) in [6.45, 7) is 3.86. The molecule has 0 fully saturated rings. The quantitative estimate of drug-likeness (QED) is 0.799. The number of carboxylic acids is 1. The zero-order chi connectivity index (χ0) is 14.7. The monoisotopic (exact) mass is 286 g/mol. The minimum atomic E-state index is -3.16. The van der Waals surface area contributed by atoms with E-state index in [1.54, 1.807) is 26.0 Å². The van der Waals surface area contributed by atoms with Crippen molar-refractivity contribution in [2.75, 3.05) is 12.8 Å². The fraction of sp³-hybridized carbons (Fsp3) is 0.500. The smallest absolute Gasteiger partial charge is 0.354 e. The molecule has 2 N–H and O–H groups in total. The molecule has 0 aliphatic carbocycles. The van der Waals surface area contributed by atoms with Gasteiger partial charge >= 0.3 is 5.97 Å². The van der Waals surface area contributed by atoms with Crippen LogP contribution in [0, 0.1) is 0 Å². The Labute approximate surface area is 112 Å². The first kappa shape index (κ1) is 15.6. The molecule has 0 saturated heterocycles. The molecule has 0 radical (unpaired) electrons. The van der Waals surface area contributed by atoms with Crippen molar-refractivity contribution in [2.24, 2.45) is 0 Å². The molecule has 1 aromatic heterocycles. The molecule has 1 aromatic rings. The molecule has 0 bridgehead atoms. The number of carboxylic acid groups (broad SMARTS) is 1. The zero-order valence-corrected chi connectivity index (χ0v) is 12.0. The summed E-state index contributed by atoms with van der Waals surface area (Å²) in [5.41, 5.74) is 0.533. The molecule has 0 aliphatic rings. The predicted molar refractivity (Wildman–Crippen MR) is 71.8 cm³/mol. The van der Waals surface area contributed by atoms with Crippen LogP contribution in [-0.4, -0.2) is 42.0 Å². The molecule has 19 heavy (non-hydrogen) atoms. The average molecular weight is 286 g/mol. The summed E-state index contributed by atoms with van der Waals surface area (Å²) in [5, 5.41) is 11.8. The molecule has 0 spiro atoms. The highest BCUT2D eigenvalue weighted by Crippen LogP contribution is 2.13. The summed E-state index contributed by atoms with van der Waals surface area (Å²) in [6.07, 6.45) is 1.19. The van der Waals surface area contributed by atoms with Gasteiger partial charge in [-0.25, -0.2) is 18.2 Å². The summed E-state index contributed by atoms with van der Waals surface area (Å²) in [4.78, 5) is 14.7. The first-order valence-electron chi connectivity index (χ1n) is 5.73. The van der Waals surface area contributed by atoms with E-state index in [0.717, 1.165) is 0 Å². The van der Waals surface area contributed by atoms with Crippen molar-refractivity contribution in [3.05, 3.63) is 29.6 Å². The summed E-state index contributed by atoms with van der Waals surface area (Å²) >= 11 is 0. The van der Waals surface area contributed by atoms with E-state index in [0.29, 0.717) is 12.2 Å². The van der Waals surface area contributed by atoms with Crippen molar-refractivity contribution in [3.8, 4) is 0 Å². The molecule has 0 unspecified atom stereocenters. The number of pyridine rings is 1. The van der Waals surface area contributed by atoms with Crippen molar-refractivity contribution in [1.82, 2.24) is 10.3 Å². The maximum absolute atomic E-state index is 11.5. The highest BCUT2D eigenvalue weighted by Gasteiger charge is 2.29. The van der Waals surface area contributed by atoms with Crippen LogP contribution in [0.5, 0.6) is 0 Å². The van der Waals surface area contributed by atoms with Crippen LogP contribution in [0.25, 0.3) is 0 Å². The standard InChI is InChI=1S/C12H18N2O4S/c1-12(2,19(3,17)18)8-13-7-9-5-4-6-10(14-9)11(15)16/h4-6,13H,7-8H2,1-3H3,(H,15,16). The van der Waals surface area contributed by atoms with Gasteiger partial charge in [-0.05, 0) is 26.0 Å². The van der Waals surface area contributed by atoms with E-state index in [1.165, 1.54) is 12.3 Å². The lowest BCUT2D eigenvalue weighted by Crippen LogP contribution is -2.41. The van der Waals surface area contributed by atoms with E-state index in [-0.39, 0.29) is 12.2 Å². The Morgan fingerprint density at radius 2 is 2.05 bits per heavy atom. The molecular weight excluding hydrogens is 268 g/mol. The number of aromatic nitrogens is 1. The van der Waals surface area contributed by atoms with Gasteiger partial charge in [-0.2, -0.15) is 0 Å². The number of hydrogen-bond donors (Lipinski definition) is 2. The van der Waals surface area contributed by atoms with E-state index >= 15 is 0 Å². The van der Waals surface area contributed by atoms with Crippen LogP contribution in [-0.2, 0) is 16.4 Å². The Bertz CT molecular complexity index is 567. The van der Waals surface area contributed by atoms with Crippen LogP contribution in [0.2, 0.25) is 0 Å². The van der Waals surface area contributed by atoms with Crippen LogP contribution in [0.4, 0.5) is 0 Å². The topological polar surface area (TPSA) is 96.4 Å². The molecule has 0 aromatic carbocycles. The summed E-state index contributed by atoms with van der Waals surface area (Å²) in [5.74, 6) is -1.08. The molecule has 1 heterocycles. The molecular formula is C12H18N2O4S. The van der Waals surface area contributed by atoms with Crippen LogP contribution in [0.15, 0.2) is 18.2 Å². The zero-order valence-electron chi connectivity index (χ0n) is 11.2. The minimum absolute atomic E-state index is 0.0262. The molecule has 0 amide bonds. The Morgan fingerprint density at radius 3 is 2.58 bits per heavy atom. The number of rotatable bonds is 6. The predicted octanol–water partition coefficient (Wildman–Crippen LogP) is 0.693. The first-order valence-corrected chi connectivity index (χ1v) is 7.62. The Balaban J connectivity index is 2.64. The van der Waals surface area contributed by atoms with Crippen molar-refractivity contribution in [2.45, 2.75) is 25.1 Å². The first-order chi connectivity index (χ1) is 8.63. The van der Waals surface area contributed by atoms with Crippen LogP contribution >= 0.6 is 0 Å². The summed E-state index contributed by atoms with van der Waals surface area (Å²) in [6, 6.07) is 4.70. The number of nitrogens with one attached hydrogen (secondary N) is 1. The Kier molecular flexibility index (Phi) is 4.65. The molecule has 7 heteroatoms. The molecule has 0 aliphatic heterocycles. The lowest BCUT2D eigenvalue weighted by atomic mass is 10.2. The van der Waals surface area contributed by atoms with Crippen molar-refractivity contribution in [1.29, 1.82) is 0 Å². The Hall–Kier alpha value is -1.47. The van der Waals surface area contributed by atoms with Gasteiger partial charge in [-0.3, -0.25) is 0 Å². The molecule has 0 atom stereocenters. The fourth-order valence-electron chi connectivity index (χ4n) is 1.32. The van der Waals surface area contributed by atoms with Crippen LogP contribution in [0.3, 0.4) is 0 Å². The SMILES string of the molecule is CC(C)(CNCc1cccc(C(=O)O)n1)S(C)(=O)=O. The van der Waals surface area contributed by atoms with Gasteiger partial charge in [0.05, 0.1) is 10.4 Å². The second kappa shape index (κ2) is 5.66. The Morgan fingerprint density at radius 1 is 1.42 bits per heavy atom. The van der Waals surface area contributed by atoms with Gasteiger partial charge in [0, 0.05) is 19.3 Å². The number of sulfone groups is 1. The fourth-order valence-corrected chi connectivity index (χ4v) is 1.68. The summed E-state index contributed by atoms with van der Waals surface area (Å²) < 4.78 is 22.1. The highest BCUT2D eigenvalue weighted by atomic mass is 32.2. The van der Waals surface area contributed by atoms with Crippen molar-refractivity contribution in [3.63, 3.8) is 0 Å². The largest absolute Gasteiger partial charge is 0.477 e. The highest BCUT2D eigenvalue weighted by molar-refractivity contribution is 7.92. The number of hydrogen-bond acceptors (Lipinski definition) is 5. The van der Waals surface area contributed by atoms with E-state index in [4.69, 9.17) is 5.11 Å². The number of nitrogens with zero attached hydrogens (tertiary/aromatic N) is 1. The normalized spacial score (nSPS) is 12.4. The third-order valence-corrected chi connectivity index (χ3v) is 5.04. The average Bonchev–Trinajstić information content (AvgIpc) is 2.27. The third-order valence-electron chi connectivity index (χ3n) is 2.89. The van der Waals surface area contributed by atoms with Gasteiger partial charge in [-0.1, -0.05) is 6.07 Å². The van der Waals surface area contributed by atoms with Gasteiger partial charge in [0.1, 0.15) is 5.69 Å². The van der Waals surface area contributed by atoms with Crippen LogP contribution < -0.4 is 5.32 Å². The van der Waals surface area contributed by atoms with E-state index in [1.807, 2.05) is 0 Å². The van der Waals surface area contributed by atoms with Gasteiger partial charge in [0.2, 0.25) is 0 Å². The van der Waals surface area contributed by atoms with E-state index in [2.05, 4.69) is 10.3 Å². The minimum Gasteiger partial charge on any atom is -0.477 e. The maximum atomic E-state index is 11.5. The maximum Gasteiger partial charge on any atom is 0.354 e. The number of carbonyl (C=O) groups is 1. The number of aromatic carboxylic acids is 1. The lowest BCUT2D eigenvalue weighted by molar-refractivity contribution is 0.0690. The third kappa shape index (κ3) is 4.29. The summed E-state index contributed by atoms with van der Waals surface area (Å²) in [7, 11) is -3.16. The molecule has 106 valence electrons. The molecule has 0 saturated carbocycles. The second-order valence-electron chi connectivity index (χ2n) is 4.95. The van der Waals surface area contributed by atoms with Gasteiger partial charge < -0.3 is 10.4 Å². The van der Waals surface area contributed by atoms with E-state index < -0.39 is 20.6 Å². The second-order valence-corrected chi connectivity index (χ2v) is 7.60. The van der Waals surface area contributed by atoms with Gasteiger partial charge in [0.15, 0.2) is 9.84 Å². The van der Waals surface area contributed by atoms with E-state index in [9.17, 15) is 13.2 Å².